The monoisotopic (exact) mass is 456 g/mol. The number of ether oxygens (including phenoxy) is 2. The lowest BCUT2D eigenvalue weighted by molar-refractivity contribution is -0.274. The van der Waals surface area contributed by atoms with Crippen molar-refractivity contribution in [2.24, 2.45) is 0 Å². The van der Waals surface area contributed by atoms with Crippen molar-refractivity contribution < 1.29 is 27.4 Å². The summed E-state index contributed by atoms with van der Waals surface area (Å²) in [5.74, 6) is 0.552. The summed E-state index contributed by atoms with van der Waals surface area (Å²) in [5, 5.41) is 11.0. The maximum absolute atomic E-state index is 12.6. The maximum Gasteiger partial charge on any atom is 0.573 e. The fourth-order valence-electron chi connectivity index (χ4n) is 3.24. The first-order valence-electron chi connectivity index (χ1n) is 9.94. The number of fused-ring (bicyclic) bond motifs is 1. The summed E-state index contributed by atoms with van der Waals surface area (Å²) in [4.78, 5) is 12.6. The Morgan fingerprint density at radius 3 is 2.33 bits per heavy atom. The van der Waals surface area contributed by atoms with Crippen LogP contribution in [0.15, 0.2) is 66.9 Å². The predicted molar refractivity (Wildman–Crippen MR) is 114 cm³/mol. The van der Waals surface area contributed by atoms with Crippen LogP contribution in [-0.4, -0.2) is 40.5 Å². The minimum atomic E-state index is -4.77. The molecule has 10 heteroatoms. The van der Waals surface area contributed by atoms with E-state index in [2.05, 4.69) is 20.3 Å². The van der Waals surface area contributed by atoms with Crippen LogP contribution in [0.4, 0.5) is 13.2 Å². The third-order valence-electron chi connectivity index (χ3n) is 4.87. The van der Waals surface area contributed by atoms with Gasteiger partial charge in [0.15, 0.2) is 11.5 Å². The fraction of sp³-hybridized carbons (Fsp3) is 0.174. The topological polar surface area (TPSA) is 77.8 Å². The number of pyridine rings is 1. The van der Waals surface area contributed by atoms with Gasteiger partial charge in [-0.25, -0.2) is 0 Å². The van der Waals surface area contributed by atoms with Gasteiger partial charge in [0.05, 0.1) is 12.7 Å². The molecule has 0 unspecified atom stereocenters. The number of hydrogen-bond donors (Lipinski definition) is 1. The van der Waals surface area contributed by atoms with Crippen molar-refractivity contribution in [3.63, 3.8) is 0 Å². The summed E-state index contributed by atoms with van der Waals surface area (Å²) in [6, 6.07) is 16.2. The van der Waals surface area contributed by atoms with Gasteiger partial charge < -0.3 is 14.8 Å². The van der Waals surface area contributed by atoms with Gasteiger partial charge in [-0.15, -0.1) is 23.4 Å². The molecule has 33 heavy (non-hydrogen) atoms. The van der Waals surface area contributed by atoms with Crippen molar-refractivity contribution in [1.82, 2.24) is 19.9 Å². The molecule has 2 aromatic heterocycles. The molecule has 1 N–H and O–H groups in total. The van der Waals surface area contributed by atoms with Crippen LogP contribution in [-0.2, 0) is 6.42 Å². The number of halogens is 3. The molecule has 0 aliphatic rings. The number of aromatic nitrogens is 3. The van der Waals surface area contributed by atoms with Crippen molar-refractivity contribution in [3.05, 3.63) is 78.0 Å². The molecule has 0 fully saturated rings. The summed E-state index contributed by atoms with van der Waals surface area (Å²) >= 11 is 0. The first-order chi connectivity index (χ1) is 15.8. The average molecular weight is 456 g/mol. The zero-order valence-electron chi connectivity index (χ0n) is 17.5. The lowest BCUT2D eigenvalue weighted by atomic mass is 10.1. The maximum atomic E-state index is 12.6. The normalized spacial score (nSPS) is 11.4. The molecule has 7 nitrogen and oxygen atoms in total. The summed E-state index contributed by atoms with van der Waals surface area (Å²) in [6.07, 6.45) is -2.52. The van der Waals surface area contributed by atoms with E-state index in [1.807, 2.05) is 24.3 Å². The molecule has 0 saturated heterocycles. The van der Waals surface area contributed by atoms with Gasteiger partial charge in [0.2, 0.25) is 0 Å². The smallest absolute Gasteiger partial charge is 0.497 e. The van der Waals surface area contributed by atoms with E-state index in [4.69, 9.17) is 4.74 Å². The summed E-state index contributed by atoms with van der Waals surface area (Å²) < 4.78 is 47.7. The van der Waals surface area contributed by atoms with E-state index in [-0.39, 0.29) is 11.7 Å². The number of methoxy groups -OCH3 is 1. The van der Waals surface area contributed by atoms with Gasteiger partial charge in [-0.05, 0) is 60.5 Å². The highest BCUT2D eigenvalue weighted by Gasteiger charge is 2.31. The molecule has 2 aromatic carbocycles. The van der Waals surface area contributed by atoms with E-state index in [1.54, 1.807) is 29.8 Å². The first-order valence-corrected chi connectivity index (χ1v) is 9.94. The van der Waals surface area contributed by atoms with Gasteiger partial charge in [-0.2, -0.15) is 0 Å². The van der Waals surface area contributed by atoms with Crippen molar-refractivity contribution in [2.75, 3.05) is 13.7 Å². The third kappa shape index (κ3) is 5.40. The number of amides is 1. The lowest BCUT2D eigenvalue weighted by Gasteiger charge is -2.09. The lowest BCUT2D eigenvalue weighted by Crippen LogP contribution is -2.25. The Balaban J connectivity index is 1.46. The Morgan fingerprint density at radius 1 is 0.970 bits per heavy atom. The number of hydrogen-bond acceptors (Lipinski definition) is 5. The number of nitrogens with one attached hydrogen (secondary N) is 1. The van der Waals surface area contributed by atoms with Gasteiger partial charge in [-0.1, -0.05) is 12.1 Å². The molecule has 0 aliphatic carbocycles. The number of alkyl halides is 3. The Labute approximate surface area is 186 Å². The number of rotatable bonds is 7. The molecule has 4 aromatic rings. The van der Waals surface area contributed by atoms with Gasteiger partial charge in [-0.3, -0.25) is 9.20 Å². The second kappa shape index (κ2) is 9.19. The highest BCUT2D eigenvalue weighted by Crippen LogP contribution is 2.26. The Morgan fingerprint density at radius 2 is 1.67 bits per heavy atom. The molecule has 4 rings (SSSR count). The van der Waals surface area contributed by atoms with Gasteiger partial charge >= 0.3 is 6.36 Å². The van der Waals surface area contributed by atoms with Crippen molar-refractivity contribution in [2.45, 2.75) is 12.8 Å². The number of nitrogens with zero attached hydrogens (tertiary/aromatic N) is 3. The van der Waals surface area contributed by atoms with Crippen LogP contribution in [0.25, 0.3) is 17.0 Å². The highest BCUT2D eigenvalue weighted by atomic mass is 19.4. The average Bonchev–Trinajstić information content (AvgIpc) is 3.22. The minimum Gasteiger partial charge on any atom is -0.497 e. The zero-order valence-corrected chi connectivity index (χ0v) is 17.5. The molecular weight excluding hydrogens is 437 g/mol. The van der Waals surface area contributed by atoms with Crippen molar-refractivity contribution in [1.29, 1.82) is 0 Å². The highest BCUT2D eigenvalue weighted by molar-refractivity contribution is 5.94. The number of carbonyl (C=O) groups is 1. The molecule has 0 aliphatic heterocycles. The van der Waals surface area contributed by atoms with Gasteiger partial charge in [0.25, 0.3) is 5.91 Å². The molecule has 0 radical (unpaired) electrons. The SMILES string of the molecule is COc1ccc(CCNC(=O)c2ccc3nnc(-c4ccc(OC(F)(F)F)cc4)n3c2)cc1. The van der Waals surface area contributed by atoms with Crippen LogP contribution in [0.3, 0.4) is 0 Å². The molecule has 1 amide bonds. The first kappa shape index (κ1) is 22.1. The van der Waals surface area contributed by atoms with Crippen molar-refractivity contribution in [3.8, 4) is 22.9 Å². The molecule has 0 spiro atoms. The second-order valence-electron chi connectivity index (χ2n) is 7.10. The minimum absolute atomic E-state index is 0.265. The van der Waals surface area contributed by atoms with Crippen LogP contribution in [0.5, 0.6) is 11.5 Å². The summed E-state index contributed by atoms with van der Waals surface area (Å²) in [7, 11) is 1.60. The van der Waals surface area contributed by atoms with Crippen LogP contribution < -0.4 is 14.8 Å². The van der Waals surface area contributed by atoms with Crippen LogP contribution in [0.2, 0.25) is 0 Å². The predicted octanol–water partition coefficient (Wildman–Crippen LogP) is 4.28. The Bertz CT molecular complexity index is 1250. The van der Waals surface area contributed by atoms with E-state index in [1.165, 1.54) is 24.3 Å². The molecule has 0 bridgehead atoms. The molecule has 0 saturated carbocycles. The zero-order chi connectivity index (χ0) is 23.4. The molecule has 170 valence electrons. The quantitative estimate of drug-likeness (QED) is 0.449. The second-order valence-corrected chi connectivity index (χ2v) is 7.10. The van der Waals surface area contributed by atoms with Crippen LogP contribution in [0, 0.1) is 0 Å². The van der Waals surface area contributed by atoms with Crippen LogP contribution in [0.1, 0.15) is 15.9 Å². The van der Waals surface area contributed by atoms with E-state index in [0.717, 1.165) is 11.3 Å². The van der Waals surface area contributed by atoms with Crippen molar-refractivity contribution >= 4 is 11.6 Å². The summed E-state index contributed by atoms with van der Waals surface area (Å²) in [5.41, 5.74) is 2.48. The third-order valence-corrected chi connectivity index (χ3v) is 4.87. The molecule has 0 atom stereocenters. The van der Waals surface area contributed by atoms with E-state index in [9.17, 15) is 18.0 Å². The van der Waals surface area contributed by atoms with Gasteiger partial charge in [0, 0.05) is 18.3 Å². The summed E-state index contributed by atoms with van der Waals surface area (Å²) in [6.45, 7) is 0.443. The van der Waals surface area contributed by atoms with Gasteiger partial charge in [0.1, 0.15) is 11.5 Å². The fourth-order valence-corrected chi connectivity index (χ4v) is 3.24. The van der Waals surface area contributed by atoms with E-state index in [0.29, 0.717) is 35.6 Å². The van der Waals surface area contributed by atoms with Crippen LogP contribution >= 0.6 is 0 Å². The Hall–Kier alpha value is -4.08. The standard InChI is InChI=1S/C23H19F3N4O3/c1-32-18-7-2-15(3-8-18)12-13-27-22(31)17-6-11-20-28-29-21(30(20)14-17)16-4-9-19(10-5-16)33-23(24,25)26/h2-11,14H,12-13H2,1H3,(H,27,31). The Kier molecular flexibility index (Phi) is 6.16. The molecular formula is C23H19F3N4O3. The number of benzene rings is 2. The molecule has 2 heterocycles. The van der Waals surface area contributed by atoms with E-state index >= 15 is 0 Å². The largest absolute Gasteiger partial charge is 0.573 e. The van der Waals surface area contributed by atoms with E-state index < -0.39 is 6.36 Å². The number of carbonyl (C=O) groups excluding carboxylic acids is 1.